The Hall–Kier alpha value is -2.88. The lowest BCUT2D eigenvalue weighted by atomic mass is 10.2. The molecule has 7 nitrogen and oxygen atoms in total. The fourth-order valence-electron chi connectivity index (χ4n) is 1.85. The standard InChI is InChI=1S/C10H11F3N2O2.C8H8ClNO2/c1-2-17-9(16)7-4-3-5-14-8(7)15-6-10(11,12)13;1-2-12-8(11)6-4-3-5-10-7(6)9/h3-5H,2,6H2,1H3,(H,14,15);3-5H,2H2,1H3. The molecule has 11 heteroatoms. The molecule has 1 N–H and O–H groups in total. The molecule has 0 saturated heterocycles. The first kappa shape index (κ1) is 24.2. The van der Waals surface area contributed by atoms with Gasteiger partial charge in [-0.3, -0.25) is 0 Å². The molecule has 0 aliphatic heterocycles. The molecular formula is C18H19ClF3N3O4. The number of hydrogen-bond donors (Lipinski definition) is 1. The van der Waals surface area contributed by atoms with Crippen LogP contribution in [0.4, 0.5) is 19.0 Å². The second-order valence-electron chi connectivity index (χ2n) is 5.15. The predicted molar refractivity (Wildman–Crippen MR) is 99.9 cm³/mol. The van der Waals surface area contributed by atoms with Crippen LogP contribution in [0, 0.1) is 0 Å². The van der Waals surface area contributed by atoms with Crippen molar-refractivity contribution in [2.24, 2.45) is 0 Å². The van der Waals surface area contributed by atoms with Crippen molar-refractivity contribution in [2.45, 2.75) is 20.0 Å². The summed E-state index contributed by atoms with van der Waals surface area (Å²) in [4.78, 5) is 29.9. The number of alkyl halides is 3. The lowest BCUT2D eigenvalue weighted by Gasteiger charge is -2.11. The van der Waals surface area contributed by atoms with Gasteiger partial charge < -0.3 is 14.8 Å². The summed E-state index contributed by atoms with van der Waals surface area (Å²) in [5.41, 5.74) is 0.291. The molecule has 0 atom stereocenters. The van der Waals surface area contributed by atoms with Crippen LogP contribution in [-0.4, -0.2) is 47.8 Å². The molecule has 0 spiro atoms. The van der Waals surface area contributed by atoms with Gasteiger partial charge in [-0.25, -0.2) is 19.6 Å². The minimum absolute atomic E-state index is 0.0152. The molecule has 0 radical (unpaired) electrons. The van der Waals surface area contributed by atoms with E-state index in [0.29, 0.717) is 12.2 Å². The molecule has 0 fully saturated rings. The van der Waals surface area contributed by atoms with E-state index in [0.717, 1.165) is 0 Å². The van der Waals surface area contributed by atoms with Crippen molar-refractivity contribution in [3.63, 3.8) is 0 Å². The van der Waals surface area contributed by atoms with Gasteiger partial charge in [0.2, 0.25) is 0 Å². The summed E-state index contributed by atoms with van der Waals surface area (Å²) < 4.78 is 45.5. The highest BCUT2D eigenvalue weighted by molar-refractivity contribution is 6.32. The van der Waals surface area contributed by atoms with Gasteiger partial charge in [-0.15, -0.1) is 0 Å². The lowest BCUT2D eigenvalue weighted by molar-refractivity contribution is -0.115. The minimum Gasteiger partial charge on any atom is -0.462 e. The fourth-order valence-corrected chi connectivity index (χ4v) is 2.05. The molecule has 29 heavy (non-hydrogen) atoms. The number of carbonyl (C=O) groups excluding carboxylic acids is 2. The molecular weight excluding hydrogens is 415 g/mol. The first-order valence-electron chi connectivity index (χ1n) is 8.40. The van der Waals surface area contributed by atoms with Crippen molar-refractivity contribution in [1.82, 2.24) is 9.97 Å². The summed E-state index contributed by atoms with van der Waals surface area (Å²) in [5.74, 6) is -1.27. The Bertz CT molecular complexity index is 819. The van der Waals surface area contributed by atoms with Crippen LogP contribution in [0.5, 0.6) is 0 Å². The highest BCUT2D eigenvalue weighted by atomic mass is 35.5. The van der Waals surface area contributed by atoms with Crippen molar-refractivity contribution in [2.75, 3.05) is 25.1 Å². The van der Waals surface area contributed by atoms with E-state index in [1.165, 1.54) is 24.5 Å². The number of hydrogen-bond acceptors (Lipinski definition) is 7. The second-order valence-corrected chi connectivity index (χ2v) is 5.51. The van der Waals surface area contributed by atoms with Gasteiger partial charge in [0, 0.05) is 12.4 Å². The first-order valence-corrected chi connectivity index (χ1v) is 8.77. The van der Waals surface area contributed by atoms with Gasteiger partial charge in [-0.05, 0) is 38.1 Å². The molecule has 0 aliphatic rings. The summed E-state index contributed by atoms with van der Waals surface area (Å²) in [6, 6.07) is 6.01. The van der Waals surface area contributed by atoms with Crippen LogP contribution in [0.2, 0.25) is 5.15 Å². The van der Waals surface area contributed by atoms with Gasteiger partial charge in [0.05, 0.1) is 18.8 Å². The van der Waals surface area contributed by atoms with E-state index < -0.39 is 24.7 Å². The zero-order valence-corrected chi connectivity index (χ0v) is 16.4. The maximum absolute atomic E-state index is 12.0. The molecule has 2 rings (SSSR count). The number of anilines is 1. The van der Waals surface area contributed by atoms with E-state index in [1.807, 2.05) is 0 Å². The number of halogens is 4. The fraction of sp³-hybridized carbons (Fsp3) is 0.333. The molecule has 2 heterocycles. The summed E-state index contributed by atoms with van der Waals surface area (Å²) in [5, 5.41) is 2.23. The van der Waals surface area contributed by atoms with Gasteiger partial charge in [0.15, 0.2) is 0 Å². The monoisotopic (exact) mass is 433 g/mol. The molecule has 0 bridgehead atoms. The van der Waals surface area contributed by atoms with Crippen LogP contribution < -0.4 is 5.32 Å². The Morgan fingerprint density at radius 2 is 1.52 bits per heavy atom. The summed E-state index contributed by atoms with van der Waals surface area (Å²) >= 11 is 5.64. The van der Waals surface area contributed by atoms with Gasteiger partial charge in [-0.2, -0.15) is 13.2 Å². The van der Waals surface area contributed by atoms with E-state index in [4.69, 9.17) is 21.1 Å². The smallest absolute Gasteiger partial charge is 0.405 e. The molecule has 2 aromatic rings. The normalized spacial score (nSPS) is 10.4. The van der Waals surface area contributed by atoms with Crippen LogP contribution >= 0.6 is 11.6 Å². The summed E-state index contributed by atoms with van der Waals surface area (Å²) in [7, 11) is 0. The minimum atomic E-state index is -4.37. The summed E-state index contributed by atoms with van der Waals surface area (Å²) in [6.07, 6.45) is -1.56. The number of carbonyl (C=O) groups is 2. The highest BCUT2D eigenvalue weighted by Gasteiger charge is 2.27. The third-order valence-corrected chi connectivity index (χ3v) is 3.31. The second kappa shape index (κ2) is 11.8. The van der Waals surface area contributed by atoms with Crippen LogP contribution in [0.3, 0.4) is 0 Å². The van der Waals surface area contributed by atoms with Gasteiger partial charge in [0.25, 0.3) is 0 Å². The average Bonchev–Trinajstić information content (AvgIpc) is 2.67. The number of nitrogens with one attached hydrogen (secondary N) is 1. The van der Waals surface area contributed by atoms with Crippen molar-refractivity contribution in [1.29, 1.82) is 0 Å². The van der Waals surface area contributed by atoms with Crippen molar-refractivity contribution in [3.8, 4) is 0 Å². The predicted octanol–water partition coefficient (Wildman–Crippen LogP) is 4.14. The third kappa shape index (κ3) is 8.77. The topological polar surface area (TPSA) is 90.4 Å². The average molecular weight is 434 g/mol. The van der Waals surface area contributed by atoms with Crippen LogP contribution in [-0.2, 0) is 9.47 Å². The molecule has 0 saturated carbocycles. The Balaban J connectivity index is 0.000000308. The van der Waals surface area contributed by atoms with E-state index in [1.54, 1.807) is 26.0 Å². The number of pyridine rings is 2. The third-order valence-electron chi connectivity index (χ3n) is 3.01. The van der Waals surface area contributed by atoms with E-state index in [9.17, 15) is 22.8 Å². The molecule has 0 amide bonds. The Morgan fingerprint density at radius 3 is 2.03 bits per heavy atom. The quantitative estimate of drug-likeness (QED) is 0.540. The molecule has 2 aromatic heterocycles. The number of esters is 2. The van der Waals surface area contributed by atoms with E-state index in [-0.39, 0.29) is 23.1 Å². The van der Waals surface area contributed by atoms with Gasteiger partial charge in [-0.1, -0.05) is 11.6 Å². The van der Waals surface area contributed by atoms with Gasteiger partial charge in [0.1, 0.15) is 23.1 Å². The zero-order valence-electron chi connectivity index (χ0n) is 15.6. The van der Waals surface area contributed by atoms with Crippen molar-refractivity contribution in [3.05, 3.63) is 52.9 Å². The SMILES string of the molecule is CCOC(=O)c1cccnc1Cl.CCOC(=O)c1cccnc1NCC(F)(F)F. The molecule has 0 aromatic carbocycles. The largest absolute Gasteiger partial charge is 0.462 e. The maximum Gasteiger partial charge on any atom is 0.405 e. The van der Waals surface area contributed by atoms with Crippen LogP contribution in [0.15, 0.2) is 36.7 Å². The van der Waals surface area contributed by atoms with Crippen molar-refractivity contribution < 1.29 is 32.2 Å². The van der Waals surface area contributed by atoms with E-state index in [2.05, 4.69) is 15.3 Å². The summed E-state index contributed by atoms with van der Waals surface area (Å²) in [6.45, 7) is 2.58. The highest BCUT2D eigenvalue weighted by Crippen LogP contribution is 2.18. The van der Waals surface area contributed by atoms with Crippen molar-refractivity contribution >= 4 is 29.4 Å². The molecule has 0 unspecified atom stereocenters. The molecule has 158 valence electrons. The number of ether oxygens (including phenoxy) is 2. The number of nitrogens with zero attached hydrogens (tertiary/aromatic N) is 2. The Labute approximate surface area is 170 Å². The lowest BCUT2D eigenvalue weighted by Crippen LogP contribution is -2.23. The number of aromatic nitrogens is 2. The maximum atomic E-state index is 12.0. The van der Waals surface area contributed by atoms with Crippen LogP contribution in [0.25, 0.3) is 0 Å². The van der Waals surface area contributed by atoms with E-state index >= 15 is 0 Å². The first-order chi connectivity index (χ1) is 13.7. The molecule has 0 aliphatic carbocycles. The van der Waals surface area contributed by atoms with Crippen LogP contribution in [0.1, 0.15) is 34.6 Å². The Kier molecular flexibility index (Phi) is 9.87. The zero-order chi connectivity index (χ0) is 21.9. The Morgan fingerprint density at radius 1 is 1.00 bits per heavy atom. The van der Waals surface area contributed by atoms with Gasteiger partial charge >= 0.3 is 18.1 Å². The number of rotatable bonds is 6.